The van der Waals surface area contributed by atoms with E-state index in [1.54, 1.807) is 0 Å². The third kappa shape index (κ3) is 16.0. The number of nitrogens with zero attached hydrogens (tertiary/aromatic N) is 9. The number of rotatable bonds is 18. The number of carbonyl (C=O) groups is 10. The molecule has 19 heteroatoms. The molecule has 0 N–H and O–H groups in total. The van der Waals surface area contributed by atoms with Gasteiger partial charge in [0.25, 0.3) is 0 Å². The van der Waals surface area contributed by atoms with Crippen LogP contribution in [0.5, 0.6) is 0 Å². The van der Waals surface area contributed by atoms with E-state index in [0.717, 1.165) is 34.3 Å². The minimum absolute atomic E-state index is 0.0946. The van der Waals surface area contributed by atoms with Crippen LogP contribution in [-0.2, 0) is 47.9 Å². The Hall–Kier alpha value is -5.10. The minimum Gasteiger partial charge on any atom is -0.337 e. The van der Waals surface area contributed by atoms with E-state index in [1.807, 2.05) is 0 Å². The largest absolute Gasteiger partial charge is 0.337 e. The Balaban J connectivity index is 4.84. The molecule has 49 heavy (non-hydrogen) atoms. The van der Waals surface area contributed by atoms with Gasteiger partial charge < -0.3 is 44.1 Å². The molecule has 0 spiro atoms. The normalized spacial score (nSPS) is 10.3. The van der Waals surface area contributed by atoms with E-state index in [2.05, 4.69) is 0 Å². The molecule has 9 amide bonds. The molecule has 0 saturated heterocycles. The summed E-state index contributed by atoms with van der Waals surface area (Å²) in [5.41, 5.74) is 0. The van der Waals surface area contributed by atoms with Gasteiger partial charge in [-0.2, -0.15) is 0 Å². The summed E-state index contributed by atoms with van der Waals surface area (Å²) in [6, 6.07) is 0. The van der Waals surface area contributed by atoms with E-state index in [4.69, 9.17) is 0 Å². The van der Waals surface area contributed by atoms with Gasteiger partial charge in [-0.3, -0.25) is 47.9 Å². The van der Waals surface area contributed by atoms with Gasteiger partial charge in [0.2, 0.25) is 53.2 Å². The van der Waals surface area contributed by atoms with Gasteiger partial charge in [-0.1, -0.05) is 0 Å². The van der Waals surface area contributed by atoms with Crippen LogP contribution in [0.15, 0.2) is 0 Å². The third-order valence-corrected chi connectivity index (χ3v) is 7.38. The van der Waals surface area contributed by atoms with E-state index in [9.17, 15) is 47.9 Å². The lowest BCUT2D eigenvalue weighted by atomic mass is 10.3. The second-order valence-electron chi connectivity index (χ2n) is 12.1. The average Bonchev–Trinajstić information content (AvgIpc) is 2.99. The molecule has 0 aromatic heterocycles. The fourth-order valence-electron chi connectivity index (χ4n) is 3.74. The van der Waals surface area contributed by atoms with Crippen molar-refractivity contribution in [2.45, 2.75) is 13.8 Å². The van der Waals surface area contributed by atoms with E-state index < -0.39 is 66.9 Å². The smallest absolute Gasteiger partial charge is 0.242 e. The Labute approximate surface area is 287 Å². The van der Waals surface area contributed by atoms with Crippen LogP contribution in [0.1, 0.15) is 13.8 Å². The Kier molecular flexibility index (Phi) is 18.2. The van der Waals surface area contributed by atoms with Gasteiger partial charge in [0.15, 0.2) is 0 Å². The highest BCUT2D eigenvalue weighted by Crippen LogP contribution is 2.00. The zero-order valence-electron chi connectivity index (χ0n) is 30.5. The summed E-state index contributed by atoms with van der Waals surface area (Å²) >= 11 is 0. The minimum atomic E-state index is -0.591. The maximum absolute atomic E-state index is 12.7. The number of ketones is 1. The molecule has 0 saturated carbocycles. The van der Waals surface area contributed by atoms with Crippen LogP contribution < -0.4 is 0 Å². The SMILES string of the molecule is CC(=O)CN(C)C(=O)CN(C)C(=O)CN(C)C(=O)CN(C)C(=O)CN(C)C(=O)CN(C)C(=O)CN(C)C(=O)CN(C)C(=O)CN(C)C(C)=O. The molecule has 19 nitrogen and oxygen atoms in total. The molecular formula is C30H51N9O10. The van der Waals surface area contributed by atoms with Crippen LogP contribution in [0.2, 0.25) is 0 Å². The molecule has 0 aromatic carbocycles. The number of Topliss-reactive ketones (excluding diaryl/α,β-unsaturated/α-hetero) is 1. The van der Waals surface area contributed by atoms with Gasteiger partial charge in [-0.05, 0) is 6.92 Å². The molecule has 0 atom stereocenters. The summed E-state index contributed by atoms with van der Waals surface area (Å²) in [5, 5.41) is 0. The molecule has 0 aliphatic heterocycles. The second kappa shape index (κ2) is 20.3. The summed E-state index contributed by atoms with van der Waals surface area (Å²) < 4.78 is 0. The summed E-state index contributed by atoms with van der Waals surface area (Å²) in [7, 11) is 12.4. The van der Waals surface area contributed by atoms with Gasteiger partial charge >= 0.3 is 0 Å². The lowest BCUT2D eigenvalue weighted by molar-refractivity contribution is -0.146. The molecule has 0 aliphatic carbocycles. The van der Waals surface area contributed by atoms with Crippen molar-refractivity contribution in [1.82, 2.24) is 44.1 Å². The first-order chi connectivity index (χ1) is 22.5. The molecule has 276 valence electrons. The summed E-state index contributed by atoms with van der Waals surface area (Å²) in [5.74, 6) is -4.85. The molecular weight excluding hydrogens is 646 g/mol. The van der Waals surface area contributed by atoms with E-state index >= 15 is 0 Å². The summed E-state index contributed by atoms with van der Waals surface area (Å²) in [6.07, 6.45) is 0. The third-order valence-electron chi connectivity index (χ3n) is 7.38. The predicted molar refractivity (Wildman–Crippen MR) is 175 cm³/mol. The van der Waals surface area contributed by atoms with Crippen molar-refractivity contribution in [3.63, 3.8) is 0 Å². The molecule has 0 unspecified atom stereocenters. The number of likely N-dealkylation sites (N-methyl/N-ethyl adjacent to an activating group) is 9. The van der Waals surface area contributed by atoms with Gasteiger partial charge in [0.05, 0.1) is 58.9 Å². The maximum atomic E-state index is 12.7. The highest BCUT2D eigenvalue weighted by Gasteiger charge is 2.25. The monoisotopic (exact) mass is 697 g/mol. The first kappa shape index (κ1) is 43.9. The Morgan fingerprint density at radius 2 is 0.408 bits per heavy atom. The van der Waals surface area contributed by atoms with E-state index in [0.29, 0.717) is 0 Å². The zero-order valence-corrected chi connectivity index (χ0v) is 30.5. The fourth-order valence-corrected chi connectivity index (χ4v) is 3.74. The van der Waals surface area contributed by atoms with Crippen molar-refractivity contribution in [1.29, 1.82) is 0 Å². The van der Waals surface area contributed by atoms with Gasteiger partial charge in [-0.25, -0.2) is 0 Å². The first-order valence-electron chi connectivity index (χ1n) is 15.1. The van der Waals surface area contributed by atoms with Crippen molar-refractivity contribution in [2.75, 3.05) is 122 Å². The Morgan fingerprint density at radius 3 is 0.551 bits per heavy atom. The van der Waals surface area contributed by atoms with Crippen LogP contribution in [-0.4, -0.2) is 225 Å². The van der Waals surface area contributed by atoms with Crippen LogP contribution in [0.25, 0.3) is 0 Å². The first-order valence-corrected chi connectivity index (χ1v) is 15.1. The maximum Gasteiger partial charge on any atom is 0.242 e. The number of amides is 9. The topological polar surface area (TPSA) is 200 Å². The van der Waals surface area contributed by atoms with Crippen LogP contribution >= 0.6 is 0 Å². The molecule has 0 rings (SSSR count). The highest BCUT2D eigenvalue weighted by atomic mass is 16.2. The van der Waals surface area contributed by atoms with Crippen molar-refractivity contribution in [3.05, 3.63) is 0 Å². The lowest BCUT2D eigenvalue weighted by Crippen LogP contribution is -2.49. The van der Waals surface area contributed by atoms with Crippen LogP contribution in [0, 0.1) is 0 Å². The van der Waals surface area contributed by atoms with Gasteiger partial charge in [0.1, 0.15) is 5.78 Å². The molecule has 0 aliphatic rings. The molecule has 0 aromatic rings. The zero-order chi connectivity index (χ0) is 38.3. The Morgan fingerprint density at radius 1 is 0.265 bits per heavy atom. The number of hydrogen-bond acceptors (Lipinski definition) is 10. The standard InChI is InChI=1S/C30H51N9O10/c1-21(40)12-32(4)24(43)14-34(6)26(45)16-36(8)28(47)18-38(10)30(49)20-39(11)29(48)19-37(9)27(46)17-35(7)25(44)15-33(5)23(42)13-31(3)22(2)41/h12-20H2,1-11H3. The van der Waals surface area contributed by atoms with Gasteiger partial charge in [0, 0.05) is 70.4 Å². The Bertz CT molecular complexity index is 1290. The quantitative estimate of drug-likeness (QED) is 0.135. The lowest BCUT2D eigenvalue weighted by Gasteiger charge is -2.27. The van der Waals surface area contributed by atoms with Crippen LogP contribution in [0.4, 0.5) is 0 Å². The molecule has 0 heterocycles. The average molecular weight is 698 g/mol. The van der Waals surface area contributed by atoms with Crippen molar-refractivity contribution in [3.8, 4) is 0 Å². The van der Waals surface area contributed by atoms with Crippen molar-refractivity contribution in [2.24, 2.45) is 0 Å². The summed E-state index contributed by atoms with van der Waals surface area (Å²) in [4.78, 5) is 133. The number of hydrogen-bond donors (Lipinski definition) is 0. The summed E-state index contributed by atoms with van der Waals surface area (Å²) in [6.45, 7) is -0.261. The second-order valence-corrected chi connectivity index (χ2v) is 12.1. The van der Waals surface area contributed by atoms with Gasteiger partial charge in [-0.15, -0.1) is 0 Å². The molecule has 0 fully saturated rings. The number of carbonyl (C=O) groups excluding carboxylic acids is 10. The molecule has 0 bridgehead atoms. The molecule has 0 radical (unpaired) electrons. The highest BCUT2D eigenvalue weighted by molar-refractivity contribution is 5.93. The van der Waals surface area contributed by atoms with Crippen molar-refractivity contribution >= 4 is 58.9 Å². The van der Waals surface area contributed by atoms with E-state index in [-0.39, 0.29) is 51.0 Å². The van der Waals surface area contributed by atoms with Crippen molar-refractivity contribution < 1.29 is 47.9 Å². The predicted octanol–water partition coefficient (Wildman–Crippen LogP) is -4.28. The van der Waals surface area contributed by atoms with E-state index in [1.165, 1.54) is 87.1 Å². The van der Waals surface area contributed by atoms with Crippen LogP contribution in [0.3, 0.4) is 0 Å². The fraction of sp³-hybridized carbons (Fsp3) is 0.667.